The second-order valence-electron chi connectivity index (χ2n) is 14.7. The summed E-state index contributed by atoms with van der Waals surface area (Å²) < 4.78 is 11.6. The topological polar surface area (TPSA) is 54.5 Å². The highest BCUT2D eigenvalue weighted by atomic mass is 32.1. The molecule has 0 saturated carbocycles. The third kappa shape index (κ3) is 5.08. The Kier molecular flexibility index (Phi) is 7.24. The highest BCUT2D eigenvalue weighted by Gasteiger charge is 2.27. The zero-order valence-electron chi connectivity index (χ0n) is 30.7. The summed E-state index contributed by atoms with van der Waals surface area (Å²) in [7, 11) is 0. The molecule has 11 aromatic rings. The Balaban J connectivity index is 1.00. The second kappa shape index (κ2) is 12.8. The highest BCUT2D eigenvalue weighted by Crippen LogP contribution is 2.44. The molecular weight excluding hydrogens is 717 g/mol. The van der Waals surface area contributed by atoms with Gasteiger partial charge in [0.25, 0.3) is 0 Å². The van der Waals surface area contributed by atoms with E-state index in [9.17, 15) is 0 Å². The van der Waals surface area contributed by atoms with Crippen molar-refractivity contribution >= 4 is 81.1 Å². The molecule has 6 heteroatoms. The summed E-state index contributed by atoms with van der Waals surface area (Å²) in [6.07, 6.45) is -0.287. The lowest BCUT2D eigenvalue weighted by Gasteiger charge is -2.32. The Morgan fingerprint density at radius 2 is 1.19 bits per heavy atom. The molecule has 12 rings (SSSR count). The fourth-order valence-electron chi connectivity index (χ4n) is 8.90. The van der Waals surface area contributed by atoms with Gasteiger partial charge >= 0.3 is 0 Å². The van der Waals surface area contributed by atoms with E-state index in [-0.39, 0.29) is 12.3 Å². The fraction of sp³-hybridized carbons (Fsp3) is 0.0392. The molecule has 0 radical (unpaired) electrons. The van der Waals surface area contributed by atoms with Crippen LogP contribution in [0.4, 0.5) is 0 Å². The Bertz CT molecular complexity index is 3320. The molecule has 1 aliphatic rings. The van der Waals surface area contributed by atoms with E-state index in [4.69, 9.17) is 9.41 Å². The van der Waals surface area contributed by atoms with Crippen LogP contribution in [-0.4, -0.2) is 10.4 Å². The molecular formula is C51H34N4OS. The van der Waals surface area contributed by atoms with E-state index in [1.807, 2.05) is 11.3 Å². The molecule has 5 nitrogen and oxygen atoms in total. The summed E-state index contributed by atoms with van der Waals surface area (Å²) in [6, 6.07) is 64.8. The molecule has 1 aliphatic heterocycles. The van der Waals surface area contributed by atoms with Gasteiger partial charge in [0, 0.05) is 47.3 Å². The van der Waals surface area contributed by atoms with Gasteiger partial charge in [-0.25, -0.2) is 4.99 Å². The van der Waals surface area contributed by atoms with Gasteiger partial charge in [0.05, 0.1) is 16.7 Å². The number of benzene rings is 8. The van der Waals surface area contributed by atoms with Gasteiger partial charge in [-0.15, -0.1) is 11.3 Å². The lowest BCUT2D eigenvalue weighted by atomic mass is 9.97. The lowest BCUT2D eigenvalue weighted by molar-refractivity contribution is 0.409. The monoisotopic (exact) mass is 750 g/mol. The standard InChI is InChI=1S/C51H34N4OS/c1-3-14-31(15-4-1)49-52-50(32-16-5-2-6-17-32)54-51(53-49)39-23-11-21-37-40-30-33(28-29-45(40)57-48(37)39)34-20-13-27-44-46(34)38-22-12-26-43(47(38)56-44)55-41-24-9-7-18-35(41)36-19-8-10-25-42(36)55/h1-30,49-50,52H,(H,53,54). The molecule has 57 heavy (non-hydrogen) atoms. The third-order valence-corrected chi connectivity index (χ3v) is 12.7. The van der Waals surface area contributed by atoms with Crippen LogP contribution >= 0.6 is 11.3 Å². The lowest BCUT2D eigenvalue weighted by Crippen LogP contribution is -2.44. The molecule has 2 N–H and O–H groups in total. The number of nitrogens with zero attached hydrogens (tertiary/aromatic N) is 2. The minimum atomic E-state index is -0.190. The van der Waals surface area contributed by atoms with Gasteiger partial charge in [-0.2, -0.15) is 0 Å². The molecule has 2 unspecified atom stereocenters. The first-order valence-electron chi connectivity index (χ1n) is 19.4. The van der Waals surface area contributed by atoms with E-state index in [0.717, 1.165) is 66.7 Å². The van der Waals surface area contributed by atoms with E-state index in [0.29, 0.717) is 0 Å². The molecule has 270 valence electrons. The molecule has 2 atom stereocenters. The van der Waals surface area contributed by atoms with Crippen LogP contribution in [0, 0.1) is 0 Å². The van der Waals surface area contributed by atoms with Crippen LogP contribution in [0.3, 0.4) is 0 Å². The van der Waals surface area contributed by atoms with Crippen molar-refractivity contribution in [3.8, 4) is 16.8 Å². The van der Waals surface area contributed by atoms with Crippen molar-refractivity contribution in [2.45, 2.75) is 12.3 Å². The normalized spacial score (nSPS) is 15.9. The first-order valence-corrected chi connectivity index (χ1v) is 20.2. The average molecular weight is 751 g/mol. The number of rotatable bonds is 5. The smallest absolute Gasteiger partial charge is 0.159 e. The number of furan rings is 1. The van der Waals surface area contributed by atoms with Gasteiger partial charge < -0.3 is 14.3 Å². The molecule has 4 heterocycles. The zero-order valence-corrected chi connectivity index (χ0v) is 31.5. The van der Waals surface area contributed by atoms with Crippen LogP contribution in [-0.2, 0) is 0 Å². The molecule has 0 fully saturated rings. The van der Waals surface area contributed by atoms with Crippen molar-refractivity contribution in [2.75, 3.05) is 0 Å². The van der Waals surface area contributed by atoms with Gasteiger partial charge in [0.2, 0.25) is 0 Å². The third-order valence-electron chi connectivity index (χ3n) is 11.5. The van der Waals surface area contributed by atoms with E-state index in [2.05, 4.69) is 197 Å². The van der Waals surface area contributed by atoms with E-state index in [1.54, 1.807) is 0 Å². The van der Waals surface area contributed by atoms with Crippen molar-refractivity contribution in [3.05, 3.63) is 199 Å². The van der Waals surface area contributed by atoms with E-state index in [1.165, 1.54) is 36.5 Å². The van der Waals surface area contributed by atoms with Crippen LogP contribution in [0.1, 0.15) is 29.0 Å². The number of hydrogen-bond donors (Lipinski definition) is 2. The van der Waals surface area contributed by atoms with Crippen LogP contribution < -0.4 is 10.6 Å². The van der Waals surface area contributed by atoms with Gasteiger partial charge in [0.1, 0.15) is 23.8 Å². The van der Waals surface area contributed by atoms with E-state index >= 15 is 0 Å². The summed E-state index contributed by atoms with van der Waals surface area (Å²) in [6.45, 7) is 0. The average Bonchev–Trinajstić information content (AvgIpc) is 3.96. The summed E-state index contributed by atoms with van der Waals surface area (Å²) in [5.41, 5.74) is 10.9. The molecule has 3 aromatic heterocycles. The number of aliphatic imine (C=N–C) groups is 1. The number of aromatic nitrogens is 1. The quantitative estimate of drug-likeness (QED) is 0.184. The van der Waals surface area contributed by atoms with Crippen LogP contribution in [0.5, 0.6) is 0 Å². The molecule has 0 bridgehead atoms. The number of nitrogens with one attached hydrogen (secondary N) is 2. The maximum absolute atomic E-state index is 6.83. The molecule has 0 saturated heterocycles. The summed E-state index contributed by atoms with van der Waals surface area (Å²) in [5.74, 6) is 0.891. The largest absolute Gasteiger partial charge is 0.454 e. The van der Waals surface area contributed by atoms with Crippen LogP contribution in [0.25, 0.3) is 80.7 Å². The predicted octanol–water partition coefficient (Wildman–Crippen LogP) is 13.1. The number of thiophene rings is 1. The van der Waals surface area contributed by atoms with Crippen molar-refractivity contribution < 1.29 is 4.42 Å². The Morgan fingerprint density at radius 1 is 0.544 bits per heavy atom. The minimum absolute atomic E-state index is 0.0964. The molecule has 0 amide bonds. The second-order valence-corrected chi connectivity index (χ2v) is 15.8. The minimum Gasteiger partial charge on any atom is -0.454 e. The maximum atomic E-state index is 6.83. The number of para-hydroxylation sites is 3. The summed E-state index contributed by atoms with van der Waals surface area (Å²) in [5, 5.41) is 14.7. The van der Waals surface area contributed by atoms with Gasteiger partial charge in [-0.1, -0.05) is 140 Å². The number of amidine groups is 1. The Morgan fingerprint density at radius 3 is 1.98 bits per heavy atom. The highest BCUT2D eigenvalue weighted by molar-refractivity contribution is 7.26. The van der Waals surface area contributed by atoms with Crippen LogP contribution in [0.15, 0.2) is 191 Å². The fourth-order valence-corrected chi connectivity index (χ4v) is 10.1. The van der Waals surface area contributed by atoms with Crippen molar-refractivity contribution in [2.24, 2.45) is 4.99 Å². The van der Waals surface area contributed by atoms with Crippen molar-refractivity contribution in [1.82, 2.24) is 15.2 Å². The first-order chi connectivity index (χ1) is 28.3. The van der Waals surface area contributed by atoms with E-state index < -0.39 is 0 Å². The zero-order chi connectivity index (χ0) is 37.5. The van der Waals surface area contributed by atoms with Gasteiger partial charge in [-0.3, -0.25) is 5.32 Å². The van der Waals surface area contributed by atoms with Crippen molar-refractivity contribution in [3.63, 3.8) is 0 Å². The molecule has 0 aliphatic carbocycles. The van der Waals surface area contributed by atoms with Crippen LogP contribution in [0.2, 0.25) is 0 Å². The summed E-state index contributed by atoms with van der Waals surface area (Å²) in [4.78, 5) is 5.29. The Hall–Kier alpha value is -6.99. The number of hydrogen-bond acceptors (Lipinski definition) is 5. The SMILES string of the molecule is c1ccc(C2N=C(c3cccc4c3sc3ccc(-c5cccc6oc7c(-n8c9ccccc9c9ccccc98)cccc7c56)cc34)NC(c3ccccc3)N2)cc1. The van der Waals surface area contributed by atoms with Crippen molar-refractivity contribution in [1.29, 1.82) is 0 Å². The Labute approximate surface area is 332 Å². The van der Waals surface area contributed by atoms with Gasteiger partial charge in [0.15, 0.2) is 5.58 Å². The maximum Gasteiger partial charge on any atom is 0.159 e. The van der Waals surface area contributed by atoms with Gasteiger partial charge in [-0.05, 0) is 64.7 Å². The predicted molar refractivity (Wildman–Crippen MR) is 238 cm³/mol. The number of fused-ring (bicyclic) bond motifs is 9. The summed E-state index contributed by atoms with van der Waals surface area (Å²) >= 11 is 1.83. The first kappa shape index (κ1) is 32.3. The molecule has 8 aromatic carbocycles. The molecule has 0 spiro atoms.